The maximum Gasteiger partial charge on any atom is 0.213 e. The predicted octanol–water partition coefficient (Wildman–Crippen LogP) is 1.62. The van der Waals surface area contributed by atoms with Gasteiger partial charge < -0.3 is 0 Å². The van der Waals surface area contributed by atoms with Gasteiger partial charge >= 0.3 is 0 Å². The second-order valence-corrected chi connectivity index (χ2v) is 5.37. The van der Waals surface area contributed by atoms with Gasteiger partial charge in [-0.3, -0.25) is 0 Å². The highest BCUT2D eigenvalue weighted by Gasteiger charge is 2.10. The van der Waals surface area contributed by atoms with Crippen LogP contribution < -0.4 is 4.72 Å². The normalized spacial score (nSPS) is 11.7. The first-order valence-electron chi connectivity index (χ1n) is 4.42. The molecule has 16 heavy (non-hydrogen) atoms. The van der Waals surface area contributed by atoms with E-state index in [0.717, 1.165) is 6.07 Å². The summed E-state index contributed by atoms with van der Waals surface area (Å²) in [5, 5.41) is 0. The smallest absolute Gasteiger partial charge is 0.212 e. The van der Waals surface area contributed by atoms with Crippen molar-refractivity contribution in [2.75, 3.05) is 11.6 Å². The van der Waals surface area contributed by atoms with E-state index in [1.165, 1.54) is 6.07 Å². The van der Waals surface area contributed by atoms with Crippen LogP contribution in [0.2, 0.25) is 0 Å². The summed E-state index contributed by atoms with van der Waals surface area (Å²) in [7, 11) is -3.50. The molecule has 1 N–H and O–H groups in total. The lowest BCUT2D eigenvalue weighted by atomic mass is 10.2. The molecule has 0 spiro atoms. The number of nitrogens with one attached hydrogen (secondary N) is 1. The summed E-state index contributed by atoms with van der Waals surface area (Å²) in [5.74, 6) is -1.77. The summed E-state index contributed by atoms with van der Waals surface area (Å²) in [6.07, 6.45) is 0. The highest BCUT2D eigenvalue weighted by Crippen LogP contribution is 2.09. The summed E-state index contributed by atoms with van der Waals surface area (Å²) in [4.78, 5) is 0. The van der Waals surface area contributed by atoms with Crippen LogP contribution in [0.15, 0.2) is 18.2 Å². The minimum atomic E-state index is -3.50. The van der Waals surface area contributed by atoms with E-state index in [1.807, 2.05) is 0 Å². The van der Waals surface area contributed by atoms with Gasteiger partial charge in [0, 0.05) is 24.1 Å². The van der Waals surface area contributed by atoms with Crippen LogP contribution in [-0.4, -0.2) is 20.1 Å². The molecular formula is C9H10ClF2NO2S. The molecule has 0 saturated heterocycles. The van der Waals surface area contributed by atoms with Gasteiger partial charge in [0.1, 0.15) is 11.6 Å². The van der Waals surface area contributed by atoms with Crippen LogP contribution in [0.25, 0.3) is 0 Å². The SMILES string of the molecule is O=S(=O)(CCCl)NCc1ccc(F)cc1F. The van der Waals surface area contributed by atoms with E-state index in [4.69, 9.17) is 11.6 Å². The molecule has 0 fully saturated rings. The Morgan fingerprint density at radius 1 is 1.31 bits per heavy atom. The van der Waals surface area contributed by atoms with Gasteiger partial charge in [-0.15, -0.1) is 11.6 Å². The first-order chi connectivity index (χ1) is 7.44. The third-order valence-electron chi connectivity index (χ3n) is 1.84. The van der Waals surface area contributed by atoms with Crippen molar-refractivity contribution >= 4 is 21.6 Å². The molecule has 1 aromatic rings. The van der Waals surface area contributed by atoms with Crippen molar-refractivity contribution in [1.29, 1.82) is 0 Å². The molecule has 0 aliphatic heterocycles. The highest BCUT2D eigenvalue weighted by molar-refractivity contribution is 7.89. The molecule has 1 aromatic carbocycles. The Labute approximate surface area is 97.5 Å². The van der Waals surface area contributed by atoms with Gasteiger partial charge in [-0.25, -0.2) is 21.9 Å². The van der Waals surface area contributed by atoms with Crippen LogP contribution in [0.5, 0.6) is 0 Å². The molecule has 90 valence electrons. The highest BCUT2D eigenvalue weighted by atomic mass is 35.5. The second kappa shape index (κ2) is 5.56. The van der Waals surface area contributed by atoms with Crippen LogP contribution in [0.4, 0.5) is 8.78 Å². The topological polar surface area (TPSA) is 46.2 Å². The van der Waals surface area contributed by atoms with Crippen molar-refractivity contribution < 1.29 is 17.2 Å². The second-order valence-electron chi connectivity index (χ2n) is 3.06. The molecule has 0 heterocycles. The molecule has 1 rings (SSSR count). The minimum absolute atomic E-state index is 0.0404. The zero-order valence-corrected chi connectivity index (χ0v) is 9.78. The maximum absolute atomic E-state index is 13.1. The average Bonchev–Trinajstić information content (AvgIpc) is 2.16. The van der Waals surface area contributed by atoms with Gasteiger partial charge in [0.25, 0.3) is 0 Å². The van der Waals surface area contributed by atoms with E-state index in [0.29, 0.717) is 6.07 Å². The lowest BCUT2D eigenvalue weighted by Crippen LogP contribution is -2.27. The zero-order valence-electron chi connectivity index (χ0n) is 8.21. The summed E-state index contributed by atoms with van der Waals surface area (Å²) in [5.41, 5.74) is 0.0829. The van der Waals surface area contributed by atoms with Crippen molar-refractivity contribution in [3.63, 3.8) is 0 Å². The Bertz CT molecular complexity index is 465. The van der Waals surface area contributed by atoms with Crippen LogP contribution in [-0.2, 0) is 16.6 Å². The van der Waals surface area contributed by atoms with Crippen LogP contribution in [0, 0.1) is 11.6 Å². The number of halogens is 3. The fourth-order valence-electron chi connectivity index (χ4n) is 1.03. The first kappa shape index (κ1) is 13.3. The van der Waals surface area contributed by atoms with E-state index < -0.39 is 21.7 Å². The van der Waals surface area contributed by atoms with Gasteiger partial charge in [-0.2, -0.15) is 0 Å². The molecule has 0 radical (unpaired) electrons. The van der Waals surface area contributed by atoms with E-state index in [1.54, 1.807) is 0 Å². The fourth-order valence-corrected chi connectivity index (χ4v) is 2.36. The summed E-state index contributed by atoms with van der Waals surface area (Å²) < 4.78 is 50.2. The predicted molar refractivity (Wildman–Crippen MR) is 57.7 cm³/mol. The molecule has 0 bridgehead atoms. The molecule has 0 atom stereocenters. The summed E-state index contributed by atoms with van der Waals surface area (Å²) in [6.45, 7) is -0.217. The van der Waals surface area contributed by atoms with Gasteiger partial charge in [0.2, 0.25) is 10.0 Å². The van der Waals surface area contributed by atoms with Crippen molar-refractivity contribution in [3.8, 4) is 0 Å². The Morgan fingerprint density at radius 2 is 2.00 bits per heavy atom. The van der Waals surface area contributed by atoms with Crippen LogP contribution >= 0.6 is 11.6 Å². The van der Waals surface area contributed by atoms with E-state index in [-0.39, 0.29) is 23.7 Å². The fraction of sp³-hybridized carbons (Fsp3) is 0.333. The third kappa shape index (κ3) is 4.03. The molecule has 3 nitrogen and oxygen atoms in total. The first-order valence-corrected chi connectivity index (χ1v) is 6.60. The van der Waals surface area contributed by atoms with Crippen molar-refractivity contribution in [2.45, 2.75) is 6.54 Å². The molecule has 0 aliphatic carbocycles. The lowest BCUT2D eigenvalue weighted by molar-refractivity contribution is 0.563. The molecule has 0 aliphatic rings. The number of rotatable bonds is 5. The van der Waals surface area contributed by atoms with Gasteiger partial charge in [0.05, 0.1) is 5.75 Å². The average molecular weight is 270 g/mol. The third-order valence-corrected chi connectivity index (χ3v) is 3.58. The molecular weight excluding hydrogens is 260 g/mol. The van der Waals surface area contributed by atoms with Crippen LogP contribution in [0.1, 0.15) is 5.56 Å². The number of alkyl halides is 1. The van der Waals surface area contributed by atoms with Gasteiger partial charge in [-0.1, -0.05) is 6.07 Å². The number of hydrogen-bond acceptors (Lipinski definition) is 2. The Kier molecular flexibility index (Phi) is 4.64. The van der Waals surface area contributed by atoms with Crippen molar-refractivity contribution in [3.05, 3.63) is 35.4 Å². The summed E-state index contributed by atoms with van der Waals surface area (Å²) >= 11 is 5.28. The Balaban J connectivity index is 2.68. The number of benzene rings is 1. The molecule has 0 unspecified atom stereocenters. The summed E-state index contributed by atoms with van der Waals surface area (Å²) in [6, 6.07) is 2.95. The Morgan fingerprint density at radius 3 is 2.56 bits per heavy atom. The molecule has 0 aromatic heterocycles. The largest absolute Gasteiger partial charge is 0.213 e. The minimum Gasteiger partial charge on any atom is -0.212 e. The lowest BCUT2D eigenvalue weighted by Gasteiger charge is -2.06. The number of sulfonamides is 1. The zero-order chi connectivity index (χ0) is 12.2. The number of hydrogen-bond donors (Lipinski definition) is 1. The maximum atomic E-state index is 13.1. The van der Waals surface area contributed by atoms with Crippen molar-refractivity contribution in [2.24, 2.45) is 0 Å². The van der Waals surface area contributed by atoms with E-state index in [2.05, 4.69) is 4.72 Å². The van der Waals surface area contributed by atoms with E-state index in [9.17, 15) is 17.2 Å². The Hall–Kier alpha value is -0.720. The van der Waals surface area contributed by atoms with E-state index >= 15 is 0 Å². The van der Waals surface area contributed by atoms with Crippen molar-refractivity contribution in [1.82, 2.24) is 4.72 Å². The van der Waals surface area contributed by atoms with Gasteiger partial charge in [0.15, 0.2) is 0 Å². The quantitative estimate of drug-likeness (QED) is 0.826. The molecule has 0 saturated carbocycles. The molecule has 7 heteroatoms. The van der Waals surface area contributed by atoms with Crippen LogP contribution in [0.3, 0.4) is 0 Å². The van der Waals surface area contributed by atoms with Gasteiger partial charge in [-0.05, 0) is 6.07 Å². The monoisotopic (exact) mass is 269 g/mol. The standard InChI is InChI=1S/C9H10ClF2NO2S/c10-3-4-16(14,15)13-6-7-1-2-8(11)5-9(7)12/h1-2,5,13H,3-4,6H2. The molecule has 0 amide bonds.